The molecule has 0 spiro atoms. The van der Waals surface area contributed by atoms with Gasteiger partial charge in [-0.15, -0.1) is 0 Å². The Morgan fingerprint density at radius 2 is 1.00 bits per heavy atom. The molecule has 0 aliphatic heterocycles. The molecule has 0 amide bonds. The van der Waals surface area contributed by atoms with Crippen molar-refractivity contribution in [2.75, 3.05) is 0 Å². The second-order valence-electron chi connectivity index (χ2n) is 6.88. The van der Waals surface area contributed by atoms with Gasteiger partial charge in [0, 0.05) is 17.5 Å². The summed E-state index contributed by atoms with van der Waals surface area (Å²) in [7, 11) is 0. The fourth-order valence-electron chi connectivity index (χ4n) is 3.49. The Morgan fingerprint density at radius 3 is 1.46 bits per heavy atom. The van der Waals surface area contributed by atoms with E-state index < -0.39 is 0 Å². The fraction of sp³-hybridized carbons (Fsp3) is 0.0800. The molecule has 3 heteroatoms. The van der Waals surface area contributed by atoms with E-state index in [0.717, 1.165) is 35.0 Å². The first-order chi connectivity index (χ1) is 13.8. The smallest absolute Gasteiger partial charge is 0.163 e. The summed E-state index contributed by atoms with van der Waals surface area (Å²) in [5, 5.41) is 4.80. The van der Waals surface area contributed by atoms with Crippen LogP contribution in [0.5, 0.6) is 0 Å². The van der Waals surface area contributed by atoms with Crippen LogP contribution in [-0.4, -0.2) is 15.0 Å². The summed E-state index contributed by atoms with van der Waals surface area (Å²) in [5.74, 6) is 2.25. The molecular weight excluding hydrogens is 342 g/mol. The highest BCUT2D eigenvalue weighted by atomic mass is 15.0. The molecule has 0 aliphatic rings. The Morgan fingerprint density at radius 1 is 0.536 bits per heavy atom. The maximum Gasteiger partial charge on any atom is 0.163 e. The molecule has 0 N–H and O–H groups in total. The van der Waals surface area contributed by atoms with Gasteiger partial charge < -0.3 is 0 Å². The van der Waals surface area contributed by atoms with Crippen LogP contribution in [0, 0.1) is 0 Å². The van der Waals surface area contributed by atoms with Crippen LogP contribution in [0.15, 0.2) is 84.9 Å². The minimum atomic E-state index is 0.723. The highest BCUT2D eigenvalue weighted by Crippen LogP contribution is 2.26. The molecule has 1 aromatic heterocycles. The lowest BCUT2D eigenvalue weighted by Gasteiger charge is -2.08. The van der Waals surface area contributed by atoms with Gasteiger partial charge >= 0.3 is 0 Å². The average Bonchev–Trinajstić information content (AvgIpc) is 2.78. The van der Waals surface area contributed by atoms with Crippen molar-refractivity contribution >= 4 is 21.5 Å². The van der Waals surface area contributed by atoms with Crippen LogP contribution in [0.4, 0.5) is 0 Å². The van der Waals surface area contributed by atoms with E-state index in [1.54, 1.807) is 0 Å². The SMILES string of the molecule is CCc1nc(-c2ccc3ccccc3c2)nc(-c2ccc3ccccc3c2)n1. The molecule has 3 nitrogen and oxygen atoms in total. The number of hydrogen-bond acceptors (Lipinski definition) is 3. The average molecular weight is 361 g/mol. The summed E-state index contributed by atoms with van der Waals surface area (Å²) in [6.07, 6.45) is 0.768. The molecule has 0 saturated carbocycles. The van der Waals surface area contributed by atoms with Gasteiger partial charge in [0.2, 0.25) is 0 Å². The number of rotatable bonds is 3. The van der Waals surface area contributed by atoms with Crippen LogP contribution in [0.1, 0.15) is 12.7 Å². The Hall–Kier alpha value is -3.59. The molecule has 1 heterocycles. The molecule has 134 valence electrons. The van der Waals surface area contributed by atoms with Gasteiger partial charge in [-0.3, -0.25) is 0 Å². The third-order valence-corrected chi connectivity index (χ3v) is 5.01. The maximum absolute atomic E-state index is 4.81. The van der Waals surface area contributed by atoms with Gasteiger partial charge in [-0.1, -0.05) is 79.7 Å². The molecule has 5 aromatic rings. The molecule has 5 rings (SSSR count). The van der Waals surface area contributed by atoms with Crippen LogP contribution in [0.25, 0.3) is 44.3 Å². The van der Waals surface area contributed by atoms with Crippen molar-refractivity contribution in [2.24, 2.45) is 0 Å². The second-order valence-corrected chi connectivity index (χ2v) is 6.88. The first-order valence-corrected chi connectivity index (χ1v) is 9.53. The summed E-state index contributed by atoms with van der Waals surface area (Å²) in [4.78, 5) is 14.2. The van der Waals surface area contributed by atoms with E-state index in [9.17, 15) is 0 Å². The number of aryl methyl sites for hydroxylation is 1. The molecular formula is C25H19N3. The van der Waals surface area contributed by atoms with Crippen molar-refractivity contribution in [1.29, 1.82) is 0 Å². The summed E-state index contributed by atoms with van der Waals surface area (Å²) >= 11 is 0. The van der Waals surface area contributed by atoms with Crippen molar-refractivity contribution < 1.29 is 0 Å². The number of aromatic nitrogens is 3. The monoisotopic (exact) mass is 361 g/mol. The van der Waals surface area contributed by atoms with Gasteiger partial charge in [0.15, 0.2) is 11.6 Å². The Bertz CT molecular complexity index is 1210. The lowest BCUT2D eigenvalue weighted by molar-refractivity contribution is 0.910. The zero-order valence-corrected chi connectivity index (χ0v) is 15.6. The normalized spacial score (nSPS) is 11.2. The minimum absolute atomic E-state index is 0.723. The molecule has 0 saturated heterocycles. The maximum atomic E-state index is 4.81. The third kappa shape index (κ3) is 3.01. The van der Waals surface area contributed by atoms with Crippen LogP contribution >= 0.6 is 0 Å². The van der Waals surface area contributed by atoms with Gasteiger partial charge in [-0.25, -0.2) is 15.0 Å². The number of hydrogen-bond donors (Lipinski definition) is 0. The quantitative estimate of drug-likeness (QED) is 0.391. The molecule has 0 atom stereocenters. The summed E-state index contributed by atoms with van der Waals surface area (Å²) in [6.45, 7) is 2.07. The Balaban J connectivity index is 1.66. The van der Waals surface area contributed by atoms with Crippen LogP contribution in [-0.2, 0) is 6.42 Å². The predicted molar refractivity (Wildman–Crippen MR) is 115 cm³/mol. The fourth-order valence-corrected chi connectivity index (χ4v) is 3.49. The minimum Gasteiger partial charge on any atom is -0.213 e. The van der Waals surface area contributed by atoms with Gasteiger partial charge in [0.05, 0.1) is 0 Å². The zero-order valence-electron chi connectivity index (χ0n) is 15.6. The first kappa shape index (κ1) is 16.6. The van der Waals surface area contributed by atoms with E-state index in [1.165, 1.54) is 21.5 Å². The largest absolute Gasteiger partial charge is 0.213 e. The van der Waals surface area contributed by atoms with E-state index in [-0.39, 0.29) is 0 Å². The predicted octanol–water partition coefficient (Wildman–Crippen LogP) is 6.07. The number of benzene rings is 4. The third-order valence-electron chi connectivity index (χ3n) is 5.01. The van der Waals surface area contributed by atoms with Gasteiger partial charge in [0.1, 0.15) is 5.82 Å². The number of fused-ring (bicyclic) bond motifs is 2. The van der Waals surface area contributed by atoms with Crippen molar-refractivity contribution in [2.45, 2.75) is 13.3 Å². The molecule has 0 fully saturated rings. The van der Waals surface area contributed by atoms with E-state index in [4.69, 9.17) is 15.0 Å². The van der Waals surface area contributed by atoms with Crippen molar-refractivity contribution in [1.82, 2.24) is 15.0 Å². The van der Waals surface area contributed by atoms with E-state index in [1.807, 2.05) is 0 Å². The number of nitrogens with zero attached hydrogens (tertiary/aromatic N) is 3. The summed E-state index contributed by atoms with van der Waals surface area (Å²) in [5.41, 5.74) is 2.02. The lowest BCUT2D eigenvalue weighted by atomic mass is 10.1. The van der Waals surface area contributed by atoms with Crippen LogP contribution < -0.4 is 0 Å². The van der Waals surface area contributed by atoms with E-state index in [2.05, 4.69) is 91.9 Å². The van der Waals surface area contributed by atoms with E-state index >= 15 is 0 Å². The van der Waals surface area contributed by atoms with Gasteiger partial charge in [-0.05, 0) is 33.7 Å². The Labute approximate surface area is 163 Å². The molecule has 0 radical (unpaired) electrons. The molecule has 0 unspecified atom stereocenters. The molecule has 0 bridgehead atoms. The molecule has 0 aliphatic carbocycles. The van der Waals surface area contributed by atoms with Crippen LogP contribution in [0.3, 0.4) is 0 Å². The van der Waals surface area contributed by atoms with E-state index in [0.29, 0.717) is 0 Å². The second kappa shape index (κ2) is 6.86. The van der Waals surface area contributed by atoms with Gasteiger partial charge in [-0.2, -0.15) is 0 Å². The van der Waals surface area contributed by atoms with Crippen LogP contribution in [0.2, 0.25) is 0 Å². The summed E-state index contributed by atoms with van der Waals surface area (Å²) < 4.78 is 0. The highest BCUT2D eigenvalue weighted by molar-refractivity contribution is 5.87. The van der Waals surface area contributed by atoms with Crippen molar-refractivity contribution in [3.63, 3.8) is 0 Å². The lowest BCUT2D eigenvalue weighted by Crippen LogP contribution is -2.02. The topological polar surface area (TPSA) is 38.7 Å². The highest BCUT2D eigenvalue weighted by Gasteiger charge is 2.11. The first-order valence-electron chi connectivity index (χ1n) is 9.53. The molecule has 28 heavy (non-hydrogen) atoms. The summed E-state index contributed by atoms with van der Waals surface area (Å²) in [6, 6.07) is 29.4. The van der Waals surface area contributed by atoms with Gasteiger partial charge in [0.25, 0.3) is 0 Å². The standard InChI is InChI=1S/C25H19N3/c1-2-23-26-24(21-13-11-17-7-3-5-9-19(17)15-21)28-25(27-23)22-14-12-18-8-4-6-10-20(18)16-22/h3-16H,2H2,1H3. The zero-order chi connectivity index (χ0) is 18.9. The molecule has 4 aromatic carbocycles. The van der Waals surface area contributed by atoms with Crippen molar-refractivity contribution in [3.8, 4) is 22.8 Å². The van der Waals surface area contributed by atoms with Crippen molar-refractivity contribution in [3.05, 3.63) is 90.8 Å². The Kier molecular flexibility index (Phi) is 4.06.